The fourth-order valence-corrected chi connectivity index (χ4v) is 3.18. The molecule has 0 unspecified atom stereocenters. The second-order valence-corrected chi connectivity index (χ2v) is 8.29. The first-order chi connectivity index (χ1) is 17.8. The van der Waals surface area contributed by atoms with Crippen LogP contribution < -0.4 is 25.5 Å². The van der Waals surface area contributed by atoms with Gasteiger partial charge in [0.1, 0.15) is 0 Å². The largest absolute Gasteiger partial charge is 0.490 e. The van der Waals surface area contributed by atoms with Crippen LogP contribution in [0.25, 0.3) is 0 Å². The maximum Gasteiger partial charge on any atom is 0.329 e. The van der Waals surface area contributed by atoms with E-state index < -0.39 is 11.8 Å². The second-order valence-electron chi connectivity index (χ2n) is 7.85. The molecule has 3 aromatic rings. The monoisotopic (exact) mass is 522 g/mol. The molecule has 0 bridgehead atoms. The van der Waals surface area contributed by atoms with E-state index in [1.807, 2.05) is 38.1 Å². The van der Waals surface area contributed by atoms with Crippen molar-refractivity contribution in [2.24, 2.45) is 5.10 Å². The predicted octanol–water partition coefficient (Wildman–Crippen LogP) is 3.83. The summed E-state index contributed by atoms with van der Waals surface area (Å²) in [5, 5.41) is 9.66. The summed E-state index contributed by atoms with van der Waals surface area (Å²) in [6, 6.07) is 19.3. The average molecular weight is 523 g/mol. The number of ether oxygens (including phenoxy) is 2. The Labute approximate surface area is 219 Å². The number of nitrogens with zero attached hydrogens (tertiary/aromatic N) is 1. The van der Waals surface area contributed by atoms with E-state index in [1.165, 1.54) is 6.21 Å². The van der Waals surface area contributed by atoms with Gasteiger partial charge in [0.15, 0.2) is 18.1 Å². The third-order valence-electron chi connectivity index (χ3n) is 4.91. The van der Waals surface area contributed by atoms with E-state index in [-0.39, 0.29) is 19.1 Å². The molecule has 0 aliphatic rings. The molecule has 0 saturated carbocycles. The Kier molecular flexibility index (Phi) is 10.0. The molecule has 3 amide bonds. The van der Waals surface area contributed by atoms with Gasteiger partial charge >= 0.3 is 11.8 Å². The Hall–Kier alpha value is -4.37. The molecule has 3 rings (SSSR count). The van der Waals surface area contributed by atoms with Crippen molar-refractivity contribution in [1.29, 1.82) is 0 Å². The molecule has 3 N–H and O–H groups in total. The highest BCUT2D eigenvalue weighted by molar-refractivity contribution is 6.35. The summed E-state index contributed by atoms with van der Waals surface area (Å²) in [7, 11) is 0. The van der Waals surface area contributed by atoms with Gasteiger partial charge in [-0.15, -0.1) is 0 Å². The van der Waals surface area contributed by atoms with Crippen molar-refractivity contribution in [3.8, 4) is 11.5 Å². The highest BCUT2D eigenvalue weighted by atomic mass is 35.5. The van der Waals surface area contributed by atoms with Crippen LogP contribution in [0.15, 0.2) is 71.8 Å². The summed E-state index contributed by atoms with van der Waals surface area (Å²) in [6.07, 6.45) is 1.37. The Bertz CT molecular complexity index is 1260. The van der Waals surface area contributed by atoms with Crippen LogP contribution in [-0.4, -0.2) is 37.1 Å². The summed E-state index contributed by atoms with van der Waals surface area (Å²) < 4.78 is 11.2. The molecule has 0 fully saturated rings. The molecule has 0 heterocycles. The number of amides is 3. The van der Waals surface area contributed by atoms with Crippen molar-refractivity contribution in [3.05, 3.63) is 88.4 Å². The number of halogens is 1. The summed E-state index contributed by atoms with van der Waals surface area (Å²) in [5.74, 6) is -1.27. The molecule has 0 spiro atoms. The summed E-state index contributed by atoms with van der Waals surface area (Å²) >= 11 is 5.85. The predicted molar refractivity (Wildman–Crippen MR) is 142 cm³/mol. The molecule has 9 nitrogen and oxygen atoms in total. The lowest BCUT2D eigenvalue weighted by atomic mass is 10.1. The fraction of sp³-hybridized carbons (Fsp3) is 0.185. The average Bonchev–Trinajstić information content (AvgIpc) is 2.89. The highest BCUT2D eigenvalue weighted by Gasteiger charge is 2.12. The van der Waals surface area contributed by atoms with Crippen LogP contribution in [0, 0.1) is 6.92 Å². The smallest absolute Gasteiger partial charge is 0.329 e. The quantitative estimate of drug-likeness (QED) is 0.212. The van der Waals surface area contributed by atoms with Crippen LogP contribution in [0.2, 0.25) is 5.02 Å². The minimum Gasteiger partial charge on any atom is -0.490 e. The van der Waals surface area contributed by atoms with Gasteiger partial charge in [-0.05, 0) is 67.4 Å². The Morgan fingerprint density at radius 3 is 2.35 bits per heavy atom. The maximum absolute atomic E-state index is 12.2. The number of carbonyl (C=O) groups excluding carboxylic acids is 3. The zero-order valence-corrected chi connectivity index (χ0v) is 21.2. The van der Waals surface area contributed by atoms with E-state index in [1.54, 1.807) is 42.5 Å². The number of benzene rings is 3. The lowest BCUT2D eigenvalue weighted by molar-refractivity contribution is -0.139. The van der Waals surface area contributed by atoms with Gasteiger partial charge in [-0.2, -0.15) is 5.10 Å². The number of hydrogen-bond acceptors (Lipinski definition) is 6. The lowest BCUT2D eigenvalue weighted by Gasteiger charge is -2.12. The van der Waals surface area contributed by atoms with Crippen LogP contribution in [0.5, 0.6) is 11.5 Å². The van der Waals surface area contributed by atoms with Crippen LogP contribution in [0.4, 0.5) is 5.69 Å². The lowest BCUT2D eigenvalue weighted by Crippen LogP contribution is -2.37. The molecule has 10 heteroatoms. The molecule has 37 heavy (non-hydrogen) atoms. The first kappa shape index (κ1) is 27.2. The number of aryl methyl sites for hydroxylation is 1. The van der Waals surface area contributed by atoms with E-state index in [4.69, 9.17) is 21.1 Å². The number of hydrazone groups is 1. The third-order valence-corrected chi connectivity index (χ3v) is 5.17. The molecule has 0 aromatic heterocycles. The van der Waals surface area contributed by atoms with Crippen molar-refractivity contribution in [2.45, 2.75) is 20.4 Å². The molecule has 3 aromatic carbocycles. The first-order valence-corrected chi connectivity index (χ1v) is 11.8. The number of hydrogen-bond donors (Lipinski definition) is 3. The van der Waals surface area contributed by atoms with Gasteiger partial charge in [0.25, 0.3) is 5.91 Å². The van der Waals surface area contributed by atoms with Gasteiger partial charge < -0.3 is 20.1 Å². The standard InChI is InChI=1S/C27H27ClN4O5/c1-3-36-24-14-20(8-13-23(24)37-17-25(33)31-22-11-9-21(28)10-12-22)16-30-32-27(35)26(34)29-15-19-6-4-18(2)5-7-19/h4-14,16H,3,15,17H2,1-2H3,(H,29,34)(H,31,33)(H,32,35)/b30-16-. The minimum atomic E-state index is -0.889. The van der Waals surface area contributed by atoms with Crippen molar-refractivity contribution < 1.29 is 23.9 Å². The van der Waals surface area contributed by atoms with Gasteiger partial charge in [0, 0.05) is 17.3 Å². The van der Waals surface area contributed by atoms with Gasteiger partial charge in [0.05, 0.1) is 12.8 Å². The Morgan fingerprint density at radius 1 is 0.919 bits per heavy atom. The van der Waals surface area contributed by atoms with E-state index in [9.17, 15) is 14.4 Å². The van der Waals surface area contributed by atoms with Crippen LogP contribution in [0.1, 0.15) is 23.6 Å². The van der Waals surface area contributed by atoms with Crippen molar-refractivity contribution in [1.82, 2.24) is 10.7 Å². The second kappa shape index (κ2) is 13.6. The molecule has 0 aliphatic heterocycles. The van der Waals surface area contributed by atoms with Crippen molar-refractivity contribution in [2.75, 3.05) is 18.5 Å². The van der Waals surface area contributed by atoms with Crippen LogP contribution >= 0.6 is 11.6 Å². The zero-order chi connectivity index (χ0) is 26.6. The fourth-order valence-electron chi connectivity index (χ4n) is 3.05. The van der Waals surface area contributed by atoms with Crippen LogP contribution in [-0.2, 0) is 20.9 Å². The first-order valence-electron chi connectivity index (χ1n) is 11.5. The van der Waals surface area contributed by atoms with E-state index >= 15 is 0 Å². The molecule has 0 aliphatic carbocycles. The van der Waals surface area contributed by atoms with Gasteiger partial charge in [-0.1, -0.05) is 41.4 Å². The van der Waals surface area contributed by atoms with E-state index in [0.29, 0.717) is 34.4 Å². The van der Waals surface area contributed by atoms with E-state index in [2.05, 4.69) is 21.2 Å². The number of rotatable bonds is 10. The molecular formula is C27H27ClN4O5. The Balaban J connectivity index is 1.51. The number of anilines is 1. The highest BCUT2D eigenvalue weighted by Crippen LogP contribution is 2.28. The molecule has 0 atom stereocenters. The molecule has 0 saturated heterocycles. The summed E-state index contributed by atoms with van der Waals surface area (Å²) in [6.45, 7) is 4.14. The Morgan fingerprint density at radius 2 is 1.65 bits per heavy atom. The van der Waals surface area contributed by atoms with Gasteiger partial charge in [-0.25, -0.2) is 5.43 Å². The molecule has 0 radical (unpaired) electrons. The summed E-state index contributed by atoms with van der Waals surface area (Å²) in [5.41, 5.74) is 5.36. The van der Waals surface area contributed by atoms with Crippen molar-refractivity contribution in [3.63, 3.8) is 0 Å². The third kappa shape index (κ3) is 8.97. The van der Waals surface area contributed by atoms with Gasteiger partial charge in [0.2, 0.25) is 0 Å². The maximum atomic E-state index is 12.2. The number of nitrogens with one attached hydrogen (secondary N) is 3. The van der Waals surface area contributed by atoms with Crippen LogP contribution in [0.3, 0.4) is 0 Å². The number of carbonyl (C=O) groups is 3. The molecule has 192 valence electrons. The topological polar surface area (TPSA) is 118 Å². The van der Waals surface area contributed by atoms with E-state index in [0.717, 1.165) is 11.1 Å². The van der Waals surface area contributed by atoms with Crippen molar-refractivity contribution >= 4 is 41.2 Å². The van der Waals surface area contributed by atoms with Gasteiger partial charge in [-0.3, -0.25) is 14.4 Å². The zero-order valence-electron chi connectivity index (χ0n) is 20.4. The SMILES string of the molecule is CCOc1cc(/C=N\NC(=O)C(=O)NCc2ccc(C)cc2)ccc1OCC(=O)Nc1ccc(Cl)cc1. The normalized spacial score (nSPS) is 10.6. The molecular weight excluding hydrogens is 496 g/mol. The summed E-state index contributed by atoms with van der Waals surface area (Å²) in [4.78, 5) is 36.2. The minimum absolute atomic E-state index is 0.229.